The summed E-state index contributed by atoms with van der Waals surface area (Å²) in [6.07, 6.45) is -4.52. The maximum absolute atomic E-state index is 12.6. The van der Waals surface area contributed by atoms with Crippen LogP contribution in [0.4, 0.5) is 18.9 Å². The first-order valence-corrected chi connectivity index (χ1v) is 6.63. The Labute approximate surface area is 129 Å². The zero-order valence-corrected chi connectivity index (χ0v) is 11.9. The molecule has 0 aliphatic heterocycles. The van der Waals surface area contributed by atoms with Crippen molar-refractivity contribution in [1.82, 2.24) is 4.98 Å². The second kappa shape index (κ2) is 6.65. The molecule has 1 heterocycles. The van der Waals surface area contributed by atoms with E-state index in [9.17, 15) is 13.2 Å². The highest BCUT2D eigenvalue weighted by Gasteiger charge is 2.32. The van der Waals surface area contributed by atoms with Crippen LogP contribution in [0.25, 0.3) is 0 Å². The lowest BCUT2D eigenvalue weighted by molar-refractivity contribution is -0.141. The Balaban J connectivity index is 2.15. The van der Waals surface area contributed by atoms with Crippen LogP contribution in [-0.4, -0.2) is 16.7 Å². The lowest BCUT2D eigenvalue weighted by Crippen LogP contribution is -2.12. The van der Waals surface area contributed by atoms with Crippen LogP contribution in [0.3, 0.4) is 0 Å². The molecule has 2 aromatic rings. The minimum atomic E-state index is -4.52. The monoisotopic (exact) mass is 329 g/mol. The van der Waals surface area contributed by atoms with E-state index in [0.717, 1.165) is 6.07 Å². The van der Waals surface area contributed by atoms with Gasteiger partial charge in [0.2, 0.25) is 5.88 Å². The highest BCUT2D eigenvalue weighted by atomic mass is 35.5. The number of aliphatic imine (C=N–C) groups is 1. The molecule has 0 bridgehead atoms. The van der Waals surface area contributed by atoms with E-state index in [1.807, 2.05) is 0 Å². The lowest BCUT2D eigenvalue weighted by atomic mass is 10.3. The minimum absolute atomic E-state index is 0.104. The van der Waals surface area contributed by atoms with Gasteiger partial charge in [0.25, 0.3) is 0 Å². The van der Waals surface area contributed by atoms with E-state index in [0.29, 0.717) is 11.4 Å². The lowest BCUT2D eigenvalue weighted by Gasteiger charge is -2.08. The van der Waals surface area contributed by atoms with Gasteiger partial charge in [0.1, 0.15) is 17.3 Å². The van der Waals surface area contributed by atoms with Gasteiger partial charge in [-0.25, -0.2) is 9.98 Å². The summed E-state index contributed by atoms with van der Waals surface area (Å²) in [6, 6.07) is 9.73. The number of hydrogen-bond donors (Lipinski definition) is 1. The average molecular weight is 330 g/mol. The molecule has 0 aliphatic rings. The number of halogens is 4. The number of pyridine rings is 1. The van der Waals surface area contributed by atoms with Crippen molar-refractivity contribution in [1.29, 1.82) is 0 Å². The molecule has 4 nitrogen and oxygen atoms in total. The van der Waals surface area contributed by atoms with Crippen LogP contribution in [0.15, 0.2) is 47.5 Å². The number of nitrogens with zero attached hydrogens (tertiary/aromatic N) is 2. The predicted molar refractivity (Wildman–Crippen MR) is 77.8 cm³/mol. The number of aromatic nitrogens is 1. The Morgan fingerprint density at radius 3 is 2.45 bits per heavy atom. The van der Waals surface area contributed by atoms with Crippen LogP contribution in [0.2, 0.25) is 0 Å². The first-order valence-electron chi connectivity index (χ1n) is 6.09. The van der Waals surface area contributed by atoms with E-state index < -0.39 is 11.9 Å². The molecule has 2 rings (SSSR count). The van der Waals surface area contributed by atoms with E-state index >= 15 is 0 Å². The molecule has 1 aromatic heterocycles. The zero-order chi connectivity index (χ0) is 16.2. The average Bonchev–Trinajstić information content (AvgIpc) is 2.48. The summed E-state index contributed by atoms with van der Waals surface area (Å²) in [4.78, 5) is 7.43. The van der Waals surface area contributed by atoms with Crippen molar-refractivity contribution in [3.63, 3.8) is 0 Å². The van der Waals surface area contributed by atoms with E-state index in [2.05, 4.69) is 9.98 Å². The van der Waals surface area contributed by atoms with Crippen LogP contribution >= 0.6 is 11.6 Å². The fourth-order valence-electron chi connectivity index (χ4n) is 1.53. The Kier molecular flexibility index (Phi) is 4.87. The highest BCUT2D eigenvalue weighted by Crippen LogP contribution is 2.30. The molecule has 0 saturated heterocycles. The molecule has 0 amide bonds. The number of alkyl halides is 4. The third kappa shape index (κ3) is 4.36. The maximum atomic E-state index is 12.6. The number of ether oxygens (including phenoxy) is 1. The second-order valence-electron chi connectivity index (χ2n) is 4.19. The van der Waals surface area contributed by atoms with Crippen molar-refractivity contribution in [2.75, 3.05) is 5.88 Å². The quantitative estimate of drug-likeness (QED) is 0.521. The van der Waals surface area contributed by atoms with Gasteiger partial charge < -0.3 is 10.5 Å². The van der Waals surface area contributed by atoms with Crippen molar-refractivity contribution >= 4 is 23.1 Å². The predicted octanol–water partition coefficient (Wildman–Crippen LogP) is 4.12. The molecule has 0 unspecified atom stereocenters. The molecule has 1 aromatic carbocycles. The summed E-state index contributed by atoms with van der Waals surface area (Å²) in [5, 5.41) is 0. The molecule has 116 valence electrons. The first-order chi connectivity index (χ1) is 10.4. The number of amidine groups is 1. The Morgan fingerprint density at radius 2 is 1.86 bits per heavy atom. The summed E-state index contributed by atoms with van der Waals surface area (Å²) >= 11 is 5.51. The zero-order valence-electron chi connectivity index (χ0n) is 11.1. The van der Waals surface area contributed by atoms with Gasteiger partial charge in [-0.1, -0.05) is 6.07 Å². The van der Waals surface area contributed by atoms with Crippen molar-refractivity contribution in [2.24, 2.45) is 10.7 Å². The Bertz CT molecular complexity index is 672. The topological polar surface area (TPSA) is 60.5 Å². The fourth-order valence-corrected chi connectivity index (χ4v) is 1.59. The Morgan fingerprint density at radius 1 is 1.18 bits per heavy atom. The molecular formula is C14H11ClF3N3O. The van der Waals surface area contributed by atoms with E-state index in [4.69, 9.17) is 22.1 Å². The molecular weight excluding hydrogens is 319 g/mol. The first kappa shape index (κ1) is 16.1. The molecule has 0 spiro atoms. The van der Waals surface area contributed by atoms with Crippen LogP contribution < -0.4 is 10.5 Å². The molecule has 8 heteroatoms. The van der Waals surface area contributed by atoms with Gasteiger partial charge in [-0.3, -0.25) is 0 Å². The third-order valence-corrected chi connectivity index (χ3v) is 2.76. The van der Waals surface area contributed by atoms with Crippen LogP contribution in [0.5, 0.6) is 11.6 Å². The van der Waals surface area contributed by atoms with Crippen molar-refractivity contribution in [2.45, 2.75) is 6.18 Å². The fraction of sp³-hybridized carbons (Fsp3) is 0.143. The van der Waals surface area contributed by atoms with E-state index in [1.165, 1.54) is 12.1 Å². The van der Waals surface area contributed by atoms with Gasteiger partial charge in [-0.15, -0.1) is 11.6 Å². The number of rotatable bonds is 4. The second-order valence-corrected chi connectivity index (χ2v) is 4.46. The van der Waals surface area contributed by atoms with E-state index in [1.54, 1.807) is 24.3 Å². The summed E-state index contributed by atoms with van der Waals surface area (Å²) in [5.74, 6) is 0.545. The van der Waals surface area contributed by atoms with E-state index in [-0.39, 0.29) is 17.6 Å². The highest BCUT2D eigenvalue weighted by molar-refractivity contribution is 6.28. The normalized spacial score (nSPS) is 12.3. The molecule has 22 heavy (non-hydrogen) atoms. The van der Waals surface area contributed by atoms with Crippen molar-refractivity contribution in [3.8, 4) is 11.6 Å². The van der Waals surface area contributed by atoms with Gasteiger partial charge in [0.05, 0.1) is 11.6 Å². The number of hydrogen-bond acceptors (Lipinski definition) is 3. The van der Waals surface area contributed by atoms with Crippen molar-refractivity contribution in [3.05, 3.63) is 48.2 Å². The smallest absolute Gasteiger partial charge is 0.433 e. The van der Waals surface area contributed by atoms with Gasteiger partial charge in [0.15, 0.2) is 0 Å². The Hall–Kier alpha value is -2.28. The summed E-state index contributed by atoms with van der Waals surface area (Å²) in [6.45, 7) is 0. The molecule has 0 saturated carbocycles. The largest absolute Gasteiger partial charge is 0.439 e. The van der Waals surface area contributed by atoms with Crippen molar-refractivity contribution < 1.29 is 17.9 Å². The number of nitrogens with two attached hydrogens (primary N) is 1. The summed E-state index contributed by atoms with van der Waals surface area (Å²) < 4.78 is 43.0. The minimum Gasteiger partial charge on any atom is -0.439 e. The number of benzene rings is 1. The molecule has 0 fully saturated rings. The van der Waals surface area contributed by atoms with Crippen LogP contribution in [0, 0.1) is 0 Å². The molecule has 0 radical (unpaired) electrons. The van der Waals surface area contributed by atoms with Gasteiger partial charge in [-0.05, 0) is 30.3 Å². The summed E-state index contributed by atoms with van der Waals surface area (Å²) in [7, 11) is 0. The molecule has 0 atom stereocenters. The molecule has 0 aliphatic carbocycles. The van der Waals surface area contributed by atoms with Gasteiger partial charge in [0, 0.05) is 6.07 Å². The standard InChI is InChI=1S/C14H11ClF3N3O/c15-8-12(19)20-9-4-6-10(7-5-9)22-13-3-1-2-11(21-13)14(16,17)18/h1-7H,8H2,(H2,19,20). The van der Waals surface area contributed by atoms with Gasteiger partial charge >= 0.3 is 6.18 Å². The van der Waals surface area contributed by atoms with Crippen LogP contribution in [0.1, 0.15) is 5.69 Å². The SMILES string of the molecule is NC(CCl)=Nc1ccc(Oc2cccc(C(F)(F)F)n2)cc1. The maximum Gasteiger partial charge on any atom is 0.433 e. The van der Waals surface area contributed by atoms with Gasteiger partial charge in [-0.2, -0.15) is 13.2 Å². The third-order valence-electron chi connectivity index (χ3n) is 2.48. The summed E-state index contributed by atoms with van der Waals surface area (Å²) in [5.41, 5.74) is 5.04. The van der Waals surface area contributed by atoms with Crippen LogP contribution in [-0.2, 0) is 6.18 Å². The molecule has 2 N–H and O–H groups in total.